The van der Waals surface area contributed by atoms with Crippen LogP contribution in [0.1, 0.15) is 39.5 Å². The Morgan fingerprint density at radius 2 is 1.06 bits per heavy atom. The van der Waals surface area contributed by atoms with E-state index in [0.29, 0.717) is 0 Å². The molecule has 0 spiro atoms. The average molecular weight is 536 g/mol. The van der Waals surface area contributed by atoms with E-state index in [4.69, 9.17) is 34.7 Å². The van der Waals surface area contributed by atoms with E-state index < -0.39 is 72.7 Å². The first kappa shape index (κ1) is 33.4. The number of rotatable bonds is 14. The Kier molecular flexibility index (Phi) is 13.8. The van der Waals surface area contributed by atoms with Crippen molar-refractivity contribution in [2.24, 2.45) is 0 Å². The zero-order chi connectivity index (χ0) is 26.0. The Morgan fingerprint density at radius 3 is 1.34 bits per heavy atom. The molecule has 1 unspecified atom stereocenters. The van der Waals surface area contributed by atoms with E-state index >= 15 is 0 Å². The second-order valence-electron chi connectivity index (χ2n) is 6.83. The zero-order valence-corrected chi connectivity index (χ0v) is 19.6. The van der Waals surface area contributed by atoms with E-state index in [0.717, 1.165) is 6.92 Å². The molecule has 0 aromatic carbocycles. The largest absolute Gasteiger partial charge is 0.481 e. The van der Waals surface area contributed by atoms with E-state index in [9.17, 15) is 33.5 Å². The fraction of sp³-hybridized carbons (Fsp3) is 0.833. The van der Waals surface area contributed by atoms with Gasteiger partial charge in [0.25, 0.3) is 0 Å². The summed E-state index contributed by atoms with van der Waals surface area (Å²) in [5, 5.41) is 35.6. The van der Waals surface area contributed by atoms with E-state index in [1.54, 1.807) is 0 Å². The molecule has 0 saturated heterocycles. The van der Waals surface area contributed by atoms with Crippen LogP contribution in [-0.2, 0) is 36.6 Å². The molecule has 0 fully saturated rings. The summed E-state index contributed by atoms with van der Waals surface area (Å²) in [6.45, 7) is 1.40. The molecule has 17 nitrogen and oxygen atoms in total. The first-order valence-electron chi connectivity index (χ1n) is 8.28. The molecule has 0 heterocycles. The zero-order valence-electron chi connectivity index (χ0n) is 16.9. The Bertz CT molecular complexity index is 750. The summed E-state index contributed by atoms with van der Waals surface area (Å²) in [5.41, 5.74) is -3.21. The predicted molar refractivity (Wildman–Crippen MR) is 102 cm³/mol. The van der Waals surface area contributed by atoms with Gasteiger partial charge in [-0.3, -0.25) is 18.6 Å². The minimum Gasteiger partial charge on any atom is -0.481 e. The van der Waals surface area contributed by atoms with Crippen molar-refractivity contribution in [3.63, 3.8) is 0 Å². The number of hydrogen-bond acceptors (Lipinski definition) is 10. The highest BCUT2D eigenvalue weighted by Crippen LogP contribution is 2.57. The van der Waals surface area contributed by atoms with Crippen molar-refractivity contribution in [3.8, 4) is 0 Å². The van der Waals surface area contributed by atoms with Gasteiger partial charge in [-0.15, -0.1) is 0 Å². The lowest BCUT2D eigenvalue weighted by Gasteiger charge is -2.21. The van der Waals surface area contributed by atoms with Crippen LogP contribution in [0.15, 0.2) is 0 Å². The highest BCUT2D eigenvalue weighted by atomic mass is 31.3. The smallest absolute Gasteiger partial charge is 0.481 e. The Balaban J connectivity index is 0. The third-order valence-corrected chi connectivity index (χ3v) is 5.77. The topological polar surface area (TPSA) is 295 Å². The van der Waals surface area contributed by atoms with Gasteiger partial charge >= 0.3 is 35.4 Å². The van der Waals surface area contributed by atoms with Gasteiger partial charge in [0.1, 0.15) is 0 Å². The van der Waals surface area contributed by atoms with Crippen molar-refractivity contribution in [2.45, 2.75) is 50.7 Å². The molecule has 0 aromatic heterocycles. The first-order chi connectivity index (χ1) is 14.0. The van der Waals surface area contributed by atoms with Crippen LogP contribution in [0.3, 0.4) is 0 Å². The van der Waals surface area contributed by atoms with Crippen molar-refractivity contribution in [1.82, 2.24) is 0 Å². The van der Waals surface area contributed by atoms with Gasteiger partial charge in [-0.05, 0) is 13.8 Å². The molecular weight excluding hydrogens is 509 g/mol. The van der Waals surface area contributed by atoms with Crippen molar-refractivity contribution >= 4 is 35.4 Å². The maximum absolute atomic E-state index is 11.0. The summed E-state index contributed by atoms with van der Waals surface area (Å²) in [6, 6.07) is 0. The summed E-state index contributed by atoms with van der Waals surface area (Å²) in [4.78, 5) is 62.5. The number of hydrogen-bond donors (Lipinski definition) is 9. The SMILES string of the molecule is C[C@@](O)(CCOP(=O)(O)O)CC(=O)O.C[C@@](O)(CCOP(=O)(O)OP(=O)(O)O)CC(=O)O. The van der Waals surface area contributed by atoms with Crippen molar-refractivity contribution < 1.29 is 81.5 Å². The molecular formula is C12H27O17P3. The van der Waals surface area contributed by atoms with Gasteiger partial charge in [0, 0.05) is 12.8 Å². The number of aliphatic carboxylic acids is 2. The van der Waals surface area contributed by atoms with Gasteiger partial charge in [0.05, 0.1) is 37.3 Å². The molecule has 192 valence electrons. The number of carbonyl (C=O) groups is 2. The molecule has 0 aliphatic carbocycles. The molecule has 0 rings (SSSR count). The van der Waals surface area contributed by atoms with E-state index in [2.05, 4.69) is 13.4 Å². The van der Waals surface area contributed by atoms with Crippen LogP contribution in [0, 0.1) is 0 Å². The number of phosphoric ester groups is 2. The molecule has 0 aliphatic rings. The summed E-state index contributed by atoms with van der Waals surface area (Å²) in [7, 11) is -14.7. The van der Waals surface area contributed by atoms with Crippen LogP contribution in [0.2, 0.25) is 0 Å². The number of phosphoric acid groups is 3. The standard InChI is InChI=1S/C6H14O10P2.C6H13O7P/c1-6(9,4-5(7)8)2-3-15-18(13,14)16-17(10,11)12;1-6(9,4-5(7)8)2-3-13-14(10,11)12/h9H,2-4H2,1H3,(H,7,8)(H,13,14)(H2,10,11,12);9H,2-4H2,1H3,(H,7,8)(H2,10,11,12)/t2*6-/m11/s1. The van der Waals surface area contributed by atoms with Crippen LogP contribution in [0.25, 0.3) is 0 Å². The van der Waals surface area contributed by atoms with E-state index in [1.165, 1.54) is 6.92 Å². The van der Waals surface area contributed by atoms with Crippen LogP contribution in [0.5, 0.6) is 0 Å². The third-order valence-electron chi connectivity index (χ3n) is 3.07. The van der Waals surface area contributed by atoms with Crippen LogP contribution in [-0.4, -0.2) is 81.2 Å². The second-order valence-corrected chi connectivity index (χ2v) is 10.9. The Labute approximate surface area is 181 Å². The molecule has 32 heavy (non-hydrogen) atoms. The van der Waals surface area contributed by atoms with Crippen molar-refractivity contribution in [2.75, 3.05) is 13.2 Å². The summed E-state index contributed by atoms with van der Waals surface area (Å²) >= 11 is 0. The molecule has 9 N–H and O–H groups in total. The van der Waals surface area contributed by atoms with Gasteiger partial charge < -0.3 is 44.9 Å². The third kappa shape index (κ3) is 23.9. The molecule has 20 heteroatoms. The minimum absolute atomic E-state index is 0.162. The fourth-order valence-corrected chi connectivity index (χ4v) is 3.67. The molecule has 0 aliphatic heterocycles. The lowest BCUT2D eigenvalue weighted by molar-refractivity contribution is -0.143. The normalized spacial score (nSPS) is 17.8. The van der Waals surface area contributed by atoms with Crippen LogP contribution < -0.4 is 0 Å². The van der Waals surface area contributed by atoms with E-state index in [-0.39, 0.29) is 12.8 Å². The van der Waals surface area contributed by atoms with Crippen molar-refractivity contribution in [1.29, 1.82) is 0 Å². The molecule has 0 amide bonds. The highest BCUT2D eigenvalue weighted by Gasteiger charge is 2.33. The Hall–Kier alpha value is -0.770. The second kappa shape index (κ2) is 13.2. The lowest BCUT2D eigenvalue weighted by Crippen LogP contribution is -2.29. The van der Waals surface area contributed by atoms with Gasteiger partial charge in [0.15, 0.2) is 0 Å². The van der Waals surface area contributed by atoms with Crippen LogP contribution >= 0.6 is 23.5 Å². The molecule has 0 aromatic rings. The maximum Gasteiger partial charge on any atom is 0.481 e. The summed E-state index contributed by atoms with van der Waals surface area (Å²) in [5.74, 6) is -2.47. The Morgan fingerprint density at radius 1 is 0.719 bits per heavy atom. The molecule has 3 atom stereocenters. The minimum atomic E-state index is -5.19. The molecule has 0 radical (unpaired) electrons. The maximum atomic E-state index is 11.0. The fourth-order valence-electron chi connectivity index (χ4n) is 1.75. The number of carboxylic acids is 2. The first-order valence-corrected chi connectivity index (χ1v) is 12.8. The monoisotopic (exact) mass is 536 g/mol. The molecule has 0 bridgehead atoms. The highest BCUT2D eigenvalue weighted by molar-refractivity contribution is 7.60. The number of aliphatic hydroxyl groups is 2. The molecule has 0 saturated carbocycles. The van der Waals surface area contributed by atoms with Crippen LogP contribution in [0.4, 0.5) is 0 Å². The summed E-state index contributed by atoms with van der Waals surface area (Å²) in [6.07, 6.45) is -1.62. The van der Waals surface area contributed by atoms with Gasteiger partial charge in [0.2, 0.25) is 0 Å². The van der Waals surface area contributed by atoms with E-state index in [1.807, 2.05) is 0 Å². The quantitative estimate of drug-likeness (QED) is 0.127. The van der Waals surface area contributed by atoms with Crippen molar-refractivity contribution in [3.05, 3.63) is 0 Å². The van der Waals surface area contributed by atoms with Gasteiger partial charge in [-0.2, -0.15) is 4.31 Å². The number of carboxylic acid groups (broad SMARTS) is 2. The summed E-state index contributed by atoms with van der Waals surface area (Å²) < 4.78 is 43.2. The lowest BCUT2D eigenvalue weighted by atomic mass is 9.99. The average Bonchev–Trinajstić information content (AvgIpc) is 2.39. The van der Waals surface area contributed by atoms with Gasteiger partial charge in [-0.25, -0.2) is 13.7 Å². The van der Waals surface area contributed by atoms with Gasteiger partial charge in [-0.1, -0.05) is 0 Å². The predicted octanol–water partition coefficient (Wildman–Crippen LogP) is -0.460.